The van der Waals surface area contributed by atoms with Gasteiger partial charge in [0.05, 0.1) is 6.33 Å². The number of rotatable bonds is 4. The molecule has 2 heterocycles. The summed E-state index contributed by atoms with van der Waals surface area (Å²) in [6.07, 6.45) is 5.44. The molecular formula is C19H18N4O5. The molecule has 0 saturated heterocycles. The normalized spacial score (nSPS) is 16.3. The lowest BCUT2D eigenvalue weighted by atomic mass is 10.00. The van der Waals surface area contributed by atoms with Gasteiger partial charge in [-0.15, -0.1) is 10.1 Å². The highest BCUT2D eigenvalue weighted by molar-refractivity contribution is 6.06. The zero-order chi connectivity index (χ0) is 19.8. The van der Waals surface area contributed by atoms with Crippen molar-refractivity contribution in [2.75, 3.05) is 6.61 Å². The summed E-state index contributed by atoms with van der Waals surface area (Å²) in [5.74, 6) is 0.830. The van der Waals surface area contributed by atoms with E-state index in [4.69, 9.17) is 24.9 Å². The molecule has 0 bridgehead atoms. The molecule has 1 unspecified atom stereocenters. The molecule has 3 aromatic rings. The quantitative estimate of drug-likeness (QED) is 0.548. The van der Waals surface area contributed by atoms with Crippen LogP contribution < -0.4 is 4.74 Å². The molecule has 1 N–H and O–H groups in total. The van der Waals surface area contributed by atoms with Crippen LogP contribution in [0.2, 0.25) is 0 Å². The Hall–Kier alpha value is -3.88. The van der Waals surface area contributed by atoms with Crippen LogP contribution in [-0.2, 0) is 11.4 Å². The van der Waals surface area contributed by atoms with Crippen molar-refractivity contribution in [3.63, 3.8) is 0 Å². The summed E-state index contributed by atoms with van der Waals surface area (Å²) < 4.78 is 7.86. The van der Waals surface area contributed by atoms with Crippen molar-refractivity contribution >= 4 is 5.71 Å². The van der Waals surface area contributed by atoms with Crippen LogP contribution in [0.15, 0.2) is 78.5 Å². The van der Waals surface area contributed by atoms with Gasteiger partial charge in [0, 0.05) is 18.0 Å². The predicted octanol–water partition coefficient (Wildman–Crippen LogP) is 3.09. The van der Waals surface area contributed by atoms with E-state index in [9.17, 15) is 0 Å². The average Bonchev–Trinajstić information content (AvgIpc) is 3.23. The van der Waals surface area contributed by atoms with Crippen LogP contribution in [0.1, 0.15) is 17.2 Å². The first-order valence-corrected chi connectivity index (χ1v) is 8.42. The van der Waals surface area contributed by atoms with Crippen LogP contribution in [0.3, 0.4) is 0 Å². The topological polar surface area (TPSA) is 112 Å². The largest absolute Gasteiger partial charge is 0.490 e. The van der Waals surface area contributed by atoms with Crippen molar-refractivity contribution in [3.05, 3.63) is 94.6 Å². The number of oxime groups is 1. The first-order chi connectivity index (χ1) is 13.6. The van der Waals surface area contributed by atoms with Gasteiger partial charge in [0.15, 0.2) is 0 Å². The van der Waals surface area contributed by atoms with Crippen LogP contribution >= 0.6 is 0 Å². The molecule has 0 fully saturated rings. The van der Waals surface area contributed by atoms with Crippen LogP contribution in [0.5, 0.6) is 5.75 Å². The molecule has 9 nitrogen and oxygen atoms in total. The summed E-state index contributed by atoms with van der Waals surface area (Å²) in [6, 6.07) is 17.8. The molecule has 1 aromatic heterocycles. The van der Waals surface area contributed by atoms with Crippen LogP contribution in [0, 0.1) is 10.1 Å². The number of fused-ring (bicyclic) bond motifs is 1. The first kappa shape index (κ1) is 18.9. The van der Waals surface area contributed by atoms with Gasteiger partial charge in [0.25, 0.3) is 5.09 Å². The fourth-order valence-corrected chi connectivity index (χ4v) is 2.77. The van der Waals surface area contributed by atoms with Crippen LogP contribution in [-0.4, -0.2) is 32.2 Å². The molecule has 144 valence electrons. The Labute approximate surface area is 160 Å². The average molecular weight is 382 g/mol. The van der Waals surface area contributed by atoms with Crippen molar-refractivity contribution in [2.24, 2.45) is 5.16 Å². The van der Waals surface area contributed by atoms with Crippen molar-refractivity contribution in [3.8, 4) is 5.75 Å². The number of hydrogen-bond acceptors (Lipinski definition) is 6. The van der Waals surface area contributed by atoms with E-state index in [-0.39, 0.29) is 6.04 Å². The zero-order valence-corrected chi connectivity index (χ0v) is 14.8. The summed E-state index contributed by atoms with van der Waals surface area (Å²) in [7, 11) is 0. The van der Waals surface area contributed by atoms with Crippen LogP contribution in [0.4, 0.5) is 0 Å². The lowest BCUT2D eigenvalue weighted by molar-refractivity contribution is -0.742. The molecule has 0 aliphatic carbocycles. The van der Waals surface area contributed by atoms with Gasteiger partial charge in [-0.2, -0.15) is 0 Å². The van der Waals surface area contributed by atoms with E-state index in [1.165, 1.54) is 0 Å². The van der Waals surface area contributed by atoms with Gasteiger partial charge in [0.1, 0.15) is 30.7 Å². The molecule has 28 heavy (non-hydrogen) atoms. The molecule has 9 heteroatoms. The minimum absolute atomic E-state index is 0.0572. The number of para-hydroxylation sites is 1. The molecule has 1 aliphatic rings. The maximum Gasteiger partial charge on any atom is 0.291 e. The molecule has 0 saturated carbocycles. The molecule has 2 aromatic carbocycles. The number of ether oxygens (including phenoxy) is 1. The smallest absolute Gasteiger partial charge is 0.291 e. The summed E-state index contributed by atoms with van der Waals surface area (Å²) in [5.41, 5.74) is 2.89. The second kappa shape index (κ2) is 9.17. The summed E-state index contributed by atoms with van der Waals surface area (Å²) in [6.45, 7) is 0.935. The molecule has 0 radical (unpaired) electrons. The van der Waals surface area contributed by atoms with Crippen molar-refractivity contribution in [1.82, 2.24) is 9.55 Å². The van der Waals surface area contributed by atoms with E-state index in [2.05, 4.69) is 10.1 Å². The van der Waals surface area contributed by atoms with E-state index in [1.54, 1.807) is 12.5 Å². The Morgan fingerprint density at radius 1 is 1.25 bits per heavy atom. The molecular weight excluding hydrogens is 364 g/mol. The van der Waals surface area contributed by atoms with E-state index in [1.807, 2.05) is 65.4 Å². The van der Waals surface area contributed by atoms with Gasteiger partial charge in [-0.25, -0.2) is 4.98 Å². The summed E-state index contributed by atoms with van der Waals surface area (Å²) >= 11 is 0. The Bertz CT molecular complexity index is 925. The second-order valence-corrected chi connectivity index (χ2v) is 5.81. The third kappa shape index (κ3) is 4.85. The second-order valence-electron chi connectivity index (χ2n) is 5.81. The number of aromatic nitrogens is 2. The molecule has 0 amide bonds. The highest BCUT2D eigenvalue weighted by Crippen LogP contribution is 2.30. The minimum atomic E-state index is -1.50. The van der Waals surface area contributed by atoms with Crippen molar-refractivity contribution < 1.29 is 19.9 Å². The van der Waals surface area contributed by atoms with Gasteiger partial charge in [-0.1, -0.05) is 47.6 Å². The Balaban J connectivity index is 0.000000516. The van der Waals surface area contributed by atoms with Gasteiger partial charge in [-0.3, -0.25) is 0 Å². The third-order valence-corrected chi connectivity index (χ3v) is 4.00. The van der Waals surface area contributed by atoms with E-state index in [0.717, 1.165) is 22.6 Å². The van der Waals surface area contributed by atoms with Gasteiger partial charge >= 0.3 is 0 Å². The minimum Gasteiger partial charge on any atom is -0.490 e. The standard InChI is InChI=1S/C19H17N3O2.HNO3/c1-2-6-15(7-3-1)12-24-21-19-16-8-4-5-9-18(16)23-13-17(19)22-11-10-20-14-22;2-1(3)4/h1-11,14,17H,12-13H2;(H,2,3,4)/b21-19-;. The Morgan fingerprint density at radius 2 is 1.96 bits per heavy atom. The Kier molecular flexibility index (Phi) is 6.19. The maximum atomic E-state index is 8.36. The number of imidazole rings is 1. The lowest BCUT2D eigenvalue weighted by Gasteiger charge is -2.27. The SMILES string of the molecule is O=[N+]([O-])O.c1ccc(CO/N=C2/c3ccccc3OCC2n2ccnc2)cc1. The fraction of sp³-hybridized carbons (Fsp3) is 0.158. The Morgan fingerprint density at radius 3 is 2.68 bits per heavy atom. The monoisotopic (exact) mass is 382 g/mol. The highest BCUT2D eigenvalue weighted by atomic mass is 16.9. The number of benzene rings is 2. The third-order valence-electron chi connectivity index (χ3n) is 4.00. The van der Waals surface area contributed by atoms with Gasteiger partial charge in [0.2, 0.25) is 0 Å². The van der Waals surface area contributed by atoms with Crippen molar-refractivity contribution in [1.29, 1.82) is 0 Å². The first-order valence-electron chi connectivity index (χ1n) is 8.42. The number of nitrogens with zero attached hydrogens (tertiary/aromatic N) is 4. The van der Waals surface area contributed by atoms with E-state index < -0.39 is 5.09 Å². The fourth-order valence-electron chi connectivity index (χ4n) is 2.77. The maximum absolute atomic E-state index is 8.36. The highest BCUT2D eigenvalue weighted by Gasteiger charge is 2.28. The summed E-state index contributed by atoms with van der Waals surface area (Å²) in [4.78, 5) is 18.1. The number of hydrogen-bond donors (Lipinski definition) is 1. The molecule has 4 rings (SSSR count). The summed E-state index contributed by atoms with van der Waals surface area (Å²) in [5, 5.41) is 18.1. The van der Waals surface area contributed by atoms with Gasteiger partial charge in [-0.05, 0) is 17.7 Å². The van der Waals surface area contributed by atoms with Gasteiger partial charge < -0.3 is 19.3 Å². The van der Waals surface area contributed by atoms with Crippen LogP contribution in [0.25, 0.3) is 0 Å². The molecule has 1 atom stereocenters. The van der Waals surface area contributed by atoms with E-state index in [0.29, 0.717) is 13.2 Å². The zero-order valence-electron chi connectivity index (χ0n) is 14.8. The van der Waals surface area contributed by atoms with E-state index >= 15 is 0 Å². The molecule has 0 spiro atoms. The lowest BCUT2D eigenvalue weighted by Crippen LogP contribution is -2.30. The molecule has 1 aliphatic heterocycles. The van der Waals surface area contributed by atoms with Crippen molar-refractivity contribution in [2.45, 2.75) is 12.6 Å². The predicted molar refractivity (Wildman–Crippen MR) is 99.7 cm³/mol.